The number of aliphatic hydroxyl groups is 1. The molecular formula is C19H25FN4O4. The van der Waals surface area contributed by atoms with Gasteiger partial charge in [-0.2, -0.15) is 0 Å². The van der Waals surface area contributed by atoms with E-state index in [1.807, 2.05) is 6.20 Å². The Kier molecular flexibility index (Phi) is 7.07. The Bertz CT molecular complexity index is 768. The molecule has 8 nitrogen and oxygen atoms in total. The molecule has 1 aromatic carbocycles. The van der Waals surface area contributed by atoms with Crippen LogP contribution in [0.1, 0.15) is 35.3 Å². The molecule has 0 saturated carbocycles. The highest BCUT2D eigenvalue weighted by Crippen LogP contribution is 2.22. The highest BCUT2D eigenvalue weighted by atomic mass is 19.1. The number of halogens is 1. The normalized spacial score (nSPS) is 22.2. The fraction of sp³-hybridized carbons (Fsp3) is 0.526. The van der Waals surface area contributed by atoms with Crippen LogP contribution in [-0.4, -0.2) is 58.0 Å². The number of aromatic nitrogens is 3. The molecule has 0 spiro atoms. The number of rotatable bonds is 8. The van der Waals surface area contributed by atoms with Crippen molar-refractivity contribution in [3.8, 4) is 0 Å². The van der Waals surface area contributed by atoms with Gasteiger partial charge in [-0.25, -0.2) is 4.39 Å². The Labute approximate surface area is 162 Å². The van der Waals surface area contributed by atoms with Crippen molar-refractivity contribution in [3.05, 3.63) is 47.5 Å². The third-order valence-electron chi connectivity index (χ3n) is 4.78. The topological polar surface area (TPSA) is 98.5 Å². The van der Waals surface area contributed by atoms with Gasteiger partial charge in [0.25, 0.3) is 5.91 Å². The van der Waals surface area contributed by atoms with Crippen molar-refractivity contribution in [2.45, 2.75) is 50.7 Å². The first-order valence-corrected chi connectivity index (χ1v) is 9.29. The molecule has 1 amide bonds. The molecule has 1 fully saturated rings. The number of aryl methyl sites for hydroxylation is 1. The molecule has 2 N–H and O–H groups in total. The number of ether oxygens (including phenoxy) is 2. The Hall–Kier alpha value is -2.36. The fourth-order valence-electron chi connectivity index (χ4n) is 3.30. The van der Waals surface area contributed by atoms with Gasteiger partial charge in [-0.3, -0.25) is 9.48 Å². The maximum absolute atomic E-state index is 13.0. The zero-order valence-electron chi connectivity index (χ0n) is 15.8. The SMILES string of the molecule is COCc1cn(CC[C@H]2CC[C@@H](NC(=O)c3ccc(F)cc3)[C@H](CO)O2)nn1. The molecule has 9 heteroatoms. The summed E-state index contributed by atoms with van der Waals surface area (Å²) in [6.45, 7) is 0.875. The molecule has 1 aliphatic rings. The minimum atomic E-state index is -0.483. The molecule has 3 atom stereocenters. The number of hydrogen-bond donors (Lipinski definition) is 2. The minimum absolute atomic E-state index is 0.0359. The van der Waals surface area contributed by atoms with Crippen molar-refractivity contribution in [3.63, 3.8) is 0 Å². The van der Waals surface area contributed by atoms with Gasteiger partial charge in [0, 0.05) is 19.2 Å². The molecule has 3 rings (SSSR count). The quantitative estimate of drug-likeness (QED) is 0.703. The van der Waals surface area contributed by atoms with Crippen LogP contribution in [-0.2, 0) is 22.6 Å². The van der Waals surface area contributed by atoms with Gasteiger partial charge in [0.15, 0.2) is 0 Å². The van der Waals surface area contributed by atoms with E-state index >= 15 is 0 Å². The largest absolute Gasteiger partial charge is 0.394 e. The first-order chi connectivity index (χ1) is 13.6. The fourth-order valence-corrected chi connectivity index (χ4v) is 3.30. The average molecular weight is 392 g/mol. The van der Waals surface area contributed by atoms with Crippen LogP contribution < -0.4 is 5.32 Å². The monoisotopic (exact) mass is 392 g/mol. The zero-order valence-corrected chi connectivity index (χ0v) is 15.8. The smallest absolute Gasteiger partial charge is 0.251 e. The summed E-state index contributed by atoms with van der Waals surface area (Å²) < 4.78 is 25.7. The second kappa shape index (κ2) is 9.72. The van der Waals surface area contributed by atoms with Gasteiger partial charge in [-0.1, -0.05) is 5.21 Å². The molecule has 152 valence electrons. The van der Waals surface area contributed by atoms with Crippen molar-refractivity contribution in [2.75, 3.05) is 13.7 Å². The van der Waals surface area contributed by atoms with Crippen molar-refractivity contribution < 1.29 is 23.8 Å². The van der Waals surface area contributed by atoms with E-state index in [0.29, 0.717) is 25.1 Å². The van der Waals surface area contributed by atoms with Gasteiger partial charge in [-0.15, -0.1) is 5.10 Å². The third-order valence-corrected chi connectivity index (χ3v) is 4.78. The van der Waals surface area contributed by atoms with Gasteiger partial charge in [0.05, 0.1) is 31.6 Å². The van der Waals surface area contributed by atoms with Crippen molar-refractivity contribution >= 4 is 5.91 Å². The molecular weight excluding hydrogens is 367 g/mol. The van der Waals surface area contributed by atoms with E-state index in [0.717, 1.165) is 18.5 Å². The van der Waals surface area contributed by atoms with E-state index < -0.39 is 11.9 Å². The van der Waals surface area contributed by atoms with Crippen LogP contribution in [0, 0.1) is 5.82 Å². The van der Waals surface area contributed by atoms with Gasteiger partial charge in [0.2, 0.25) is 0 Å². The van der Waals surface area contributed by atoms with Gasteiger partial charge in [0.1, 0.15) is 17.6 Å². The third kappa shape index (κ3) is 5.34. The summed E-state index contributed by atoms with van der Waals surface area (Å²) in [6, 6.07) is 5.06. The number of aliphatic hydroxyl groups excluding tert-OH is 1. The van der Waals surface area contributed by atoms with Crippen molar-refractivity contribution in [1.29, 1.82) is 0 Å². The Morgan fingerprint density at radius 1 is 1.39 bits per heavy atom. The second-order valence-corrected chi connectivity index (χ2v) is 6.84. The number of benzene rings is 1. The lowest BCUT2D eigenvalue weighted by Crippen LogP contribution is -2.51. The molecule has 2 heterocycles. The summed E-state index contributed by atoms with van der Waals surface area (Å²) in [7, 11) is 1.61. The van der Waals surface area contributed by atoms with E-state index in [4.69, 9.17) is 9.47 Å². The summed E-state index contributed by atoms with van der Waals surface area (Å²) in [5.41, 5.74) is 1.14. The van der Waals surface area contributed by atoms with Crippen LogP contribution in [0.15, 0.2) is 30.5 Å². The lowest BCUT2D eigenvalue weighted by Gasteiger charge is -2.36. The molecule has 0 aliphatic carbocycles. The standard InChI is InChI=1S/C19H25FN4O4/c1-27-12-15-10-24(23-22-15)9-8-16-6-7-17(18(11-25)28-16)21-19(26)13-2-4-14(20)5-3-13/h2-5,10,16-18,25H,6-9,11-12H2,1H3,(H,21,26)/t16-,17-,18+/m1/s1. The Morgan fingerprint density at radius 2 is 2.18 bits per heavy atom. The van der Waals surface area contributed by atoms with Crippen LogP contribution in [0.2, 0.25) is 0 Å². The second-order valence-electron chi connectivity index (χ2n) is 6.84. The number of nitrogens with zero attached hydrogens (tertiary/aromatic N) is 3. The summed E-state index contributed by atoms with van der Waals surface area (Å²) in [5.74, 6) is -0.700. The van der Waals surface area contributed by atoms with Crippen LogP contribution >= 0.6 is 0 Å². The maximum Gasteiger partial charge on any atom is 0.251 e. The summed E-state index contributed by atoms with van der Waals surface area (Å²) >= 11 is 0. The van der Waals surface area contributed by atoms with Crippen molar-refractivity contribution in [1.82, 2.24) is 20.3 Å². The van der Waals surface area contributed by atoms with E-state index in [-0.39, 0.29) is 24.7 Å². The van der Waals surface area contributed by atoms with Gasteiger partial charge >= 0.3 is 0 Å². The van der Waals surface area contributed by atoms with Gasteiger partial charge < -0.3 is 19.9 Å². The lowest BCUT2D eigenvalue weighted by molar-refractivity contribution is -0.0912. The summed E-state index contributed by atoms with van der Waals surface area (Å²) in [5, 5.41) is 20.6. The first-order valence-electron chi connectivity index (χ1n) is 9.29. The van der Waals surface area contributed by atoms with E-state index in [2.05, 4.69) is 15.6 Å². The van der Waals surface area contributed by atoms with E-state index in [1.54, 1.807) is 11.8 Å². The minimum Gasteiger partial charge on any atom is -0.394 e. The number of methoxy groups -OCH3 is 1. The predicted molar refractivity (Wildman–Crippen MR) is 98.0 cm³/mol. The van der Waals surface area contributed by atoms with Gasteiger partial charge in [-0.05, 0) is 43.5 Å². The maximum atomic E-state index is 13.0. The molecule has 0 radical (unpaired) electrons. The zero-order chi connectivity index (χ0) is 19.9. The van der Waals surface area contributed by atoms with E-state index in [1.165, 1.54) is 24.3 Å². The predicted octanol–water partition coefficient (Wildman–Crippen LogP) is 1.29. The molecule has 1 aromatic heterocycles. The van der Waals surface area contributed by atoms with Crippen LogP contribution in [0.5, 0.6) is 0 Å². The number of carbonyl (C=O) groups excluding carboxylic acids is 1. The number of hydrogen-bond acceptors (Lipinski definition) is 6. The molecule has 1 saturated heterocycles. The Morgan fingerprint density at radius 3 is 2.89 bits per heavy atom. The number of amides is 1. The van der Waals surface area contributed by atoms with Crippen LogP contribution in [0.4, 0.5) is 4.39 Å². The number of nitrogens with one attached hydrogen (secondary N) is 1. The van der Waals surface area contributed by atoms with Crippen LogP contribution in [0.25, 0.3) is 0 Å². The summed E-state index contributed by atoms with van der Waals surface area (Å²) in [4.78, 5) is 12.3. The molecule has 0 unspecified atom stereocenters. The average Bonchev–Trinajstić information content (AvgIpc) is 3.15. The summed E-state index contributed by atoms with van der Waals surface area (Å²) in [6.07, 6.45) is 3.49. The lowest BCUT2D eigenvalue weighted by atomic mass is 9.96. The molecule has 2 aromatic rings. The Balaban J connectivity index is 1.49. The van der Waals surface area contributed by atoms with Crippen LogP contribution in [0.3, 0.4) is 0 Å². The molecule has 1 aliphatic heterocycles. The molecule has 0 bridgehead atoms. The molecule has 28 heavy (non-hydrogen) atoms. The number of carbonyl (C=O) groups is 1. The van der Waals surface area contributed by atoms with E-state index in [9.17, 15) is 14.3 Å². The highest BCUT2D eigenvalue weighted by molar-refractivity contribution is 5.94. The first kappa shape index (κ1) is 20.4. The van der Waals surface area contributed by atoms with Crippen molar-refractivity contribution in [2.24, 2.45) is 0 Å². The highest BCUT2D eigenvalue weighted by Gasteiger charge is 2.32.